The number of nitrogens with one attached hydrogen (secondary N) is 1. The van der Waals surface area contributed by atoms with Crippen molar-refractivity contribution in [1.29, 1.82) is 0 Å². The van der Waals surface area contributed by atoms with Gasteiger partial charge in [-0.1, -0.05) is 18.2 Å². The number of anilines is 1. The zero-order valence-electron chi connectivity index (χ0n) is 17.2. The molecule has 0 saturated heterocycles. The molecule has 0 radical (unpaired) electrons. The van der Waals surface area contributed by atoms with E-state index in [1.54, 1.807) is 6.07 Å². The molecule has 2 aromatic rings. The largest absolute Gasteiger partial charge is 0.332 e. The van der Waals surface area contributed by atoms with Crippen LogP contribution in [-0.4, -0.2) is 53.6 Å². The van der Waals surface area contributed by atoms with E-state index >= 15 is 0 Å². The van der Waals surface area contributed by atoms with Gasteiger partial charge in [0, 0.05) is 24.8 Å². The third kappa shape index (κ3) is 3.87. The first-order valence-corrected chi connectivity index (χ1v) is 9.47. The second-order valence-electron chi connectivity index (χ2n) is 7.23. The number of hydrogen-bond acceptors (Lipinski definition) is 4. The number of benzene rings is 2. The maximum Gasteiger partial charge on any atom is 0.261 e. The van der Waals surface area contributed by atoms with Gasteiger partial charge in [0.1, 0.15) is 0 Å². The van der Waals surface area contributed by atoms with Gasteiger partial charge in [0.2, 0.25) is 5.91 Å². The number of aryl methyl sites for hydroxylation is 1. The Morgan fingerprint density at radius 1 is 1.10 bits per heavy atom. The summed E-state index contributed by atoms with van der Waals surface area (Å²) in [6, 6.07) is 9.97. The van der Waals surface area contributed by atoms with Gasteiger partial charge in [0.05, 0.1) is 17.7 Å². The normalized spacial score (nSPS) is 12.6. The molecule has 2 aromatic carbocycles. The second-order valence-corrected chi connectivity index (χ2v) is 7.23. The van der Waals surface area contributed by atoms with E-state index in [4.69, 9.17) is 0 Å². The Labute approximate surface area is 175 Å². The Kier molecular flexibility index (Phi) is 5.82. The Balaban J connectivity index is 1.72. The van der Waals surface area contributed by atoms with Crippen LogP contribution in [0.5, 0.6) is 0 Å². The van der Waals surface area contributed by atoms with Gasteiger partial charge < -0.3 is 10.2 Å². The van der Waals surface area contributed by atoms with E-state index in [0.29, 0.717) is 5.69 Å². The zero-order valence-corrected chi connectivity index (χ0v) is 17.2. The molecule has 0 aliphatic carbocycles. The van der Waals surface area contributed by atoms with Crippen LogP contribution in [0.4, 0.5) is 5.69 Å². The van der Waals surface area contributed by atoms with Crippen molar-refractivity contribution in [2.45, 2.75) is 13.8 Å². The van der Waals surface area contributed by atoms with Gasteiger partial charge in [0.15, 0.2) is 0 Å². The van der Waals surface area contributed by atoms with Crippen LogP contribution in [0.1, 0.15) is 42.2 Å². The Hall–Kier alpha value is -3.74. The predicted octanol–water partition coefficient (Wildman–Crippen LogP) is 2.80. The minimum absolute atomic E-state index is 0.105. The maximum absolute atomic E-state index is 12.8. The number of rotatable bonds is 6. The summed E-state index contributed by atoms with van der Waals surface area (Å²) in [7, 11) is 1.51. The van der Waals surface area contributed by atoms with E-state index in [0.717, 1.165) is 16.0 Å². The molecule has 1 N–H and O–H groups in total. The Morgan fingerprint density at radius 2 is 1.80 bits per heavy atom. The van der Waals surface area contributed by atoms with Gasteiger partial charge in [-0.15, -0.1) is 6.58 Å². The van der Waals surface area contributed by atoms with Crippen molar-refractivity contribution in [2.75, 3.05) is 25.5 Å². The average Bonchev–Trinajstić information content (AvgIpc) is 2.95. The van der Waals surface area contributed by atoms with Gasteiger partial charge in [-0.05, 0) is 49.2 Å². The summed E-state index contributed by atoms with van der Waals surface area (Å²) in [6.45, 7) is 7.37. The molecule has 0 fully saturated rings. The number of carbonyl (C=O) groups is 4. The minimum atomic E-state index is -0.458. The smallest absolute Gasteiger partial charge is 0.261 e. The van der Waals surface area contributed by atoms with Gasteiger partial charge in [0.25, 0.3) is 17.7 Å². The molecular formula is C23H23N3O4. The molecular weight excluding hydrogens is 382 g/mol. The van der Waals surface area contributed by atoms with Crippen molar-refractivity contribution in [1.82, 2.24) is 9.80 Å². The van der Waals surface area contributed by atoms with Gasteiger partial charge in [-0.3, -0.25) is 24.1 Å². The molecule has 0 bridgehead atoms. The lowest BCUT2D eigenvalue weighted by Gasteiger charge is -2.18. The third-order valence-corrected chi connectivity index (χ3v) is 5.14. The second kappa shape index (κ2) is 8.32. The summed E-state index contributed by atoms with van der Waals surface area (Å²) in [5.74, 6) is -1.62. The molecule has 7 heteroatoms. The van der Waals surface area contributed by atoms with Crippen LogP contribution in [0.25, 0.3) is 0 Å². The molecule has 4 amide bonds. The highest BCUT2D eigenvalue weighted by Gasteiger charge is 2.35. The first-order chi connectivity index (χ1) is 14.2. The fourth-order valence-corrected chi connectivity index (χ4v) is 3.30. The number of carbonyl (C=O) groups excluding carboxylic acids is 4. The van der Waals surface area contributed by atoms with Gasteiger partial charge in [-0.2, -0.15) is 0 Å². The summed E-state index contributed by atoms with van der Waals surface area (Å²) in [5, 5.41) is 2.81. The van der Waals surface area contributed by atoms with Crippen LogP contribution in [0.15, 0.2) is 49.1 Å². The average molecular weight is 405 g/mol. The topological polar surface area (TPSA) is 86.8 Å². The van der Waals surface area contributed by atoms with Crippen molar-refractivity contribution in [2.24, 2.45) is 0 Å². The molecule has 154 valence electrons. The van der Waals surface area contributed by atoms with E-state index in [1.165, 1.54) is 36.2 Å². The lowest BCUT2D eigenvalue weighted by Crippen LogP contribution is -2.35. The van der Waals surface area contributed by atoms with E-state index < -0.39 is 17.7 Å². The quantitative estimate of drug-likeness (QED) is 0.591. The molecule has 1 aliphatic heterocycles. The number of imide groups is 1. The SMILES string of the molecule is C=CCN1C(=O)c2ccc(C(=O)N(C)CC(=O)Nc3cccc(C)c3C)cc2C1=O. The lowest BCUT2D eigenvalue weighted by atomic mass is 10.0. The molecule has 0 spiro atoms. The molecule has 0 unspecified atom stereocenters. The molecule has 7 nitrogen and oxygen atoms in total. The van der Waals surface area contributed by atoms with Crippen LogP contribution < -0.4 is 5.32 Å². The zero-order chi connectivity index (χ0) is 22.0. The summed E-state index contributed by atoms with van der Waals surface area (Å²) < 4.78 is 0. The number of amides is 4. The standard InChI is InChI=1S/C23H23N3O4/c1-5-11-26-22(29)17-10-9-16(12-18(17)23(26)30)21(28)25(4)13-20(27)24-19-8-6-7-14(2)15(19)3/h5-10,12H,1,11,13H2,2-4H3,(H,24,27). The number of nitrogens with zero attached hydrogens (tertiary/aromatic N) is 2. The van der Waals surface area contributed by atoms with E-state index in [2.05, 4.69) is 11.9 Å². The summed E-state index contributed by atoms with van der Waals surface area (Å²) in [6.07, 6.45) is 1.47. The highest BCUT2D eigenvalue weighted by molar-refractivity contribution is 6.22. The van der Waals surface area contributed by atoms with Crippen molar-refractivity contribution in [3.63, 3.8) is 0 Å². The molecule has 3 rings (SSSR count). The molecule has 1 heterocycles. The Morgan fingerprint density at radius 3 is 2.50 bits per heavy atom. The van der Waals surface area contributed by atoms with Crippen LogP contribution in [0, 0.1) is 13.8 Å². The summed E-state index contributed by atoms with van der Waals surface area (Å²) in [5.41, 5.74) is 3.39. The van der Waals surface area contributed by atoms with E-state index in [9.17, 15) is 19.2 Å². The van der Waals surface area contributed by atoms with E-state index in [-0.39, 0.29) is 35.7 Å². The van der Waals surface area contributed by atoms with Crippen LogP contribution in [-0.2, 0) is 4.79 Å². The van der Waals surface area contributed by atoms with Crippen molar-refractivity contribution >= 4 is 29.3 Å². The lowest BCUT2D eigenvalue weighted by molar-refractivity contribution is -0.116. The van der Waals surface area contributed by atoms with Crippen LogP contribution in [0.2, 0.25) is 0 Å². The molecule has 30 heavy (non-hydrogen) atoms. The third-order valence-electron chi connectivity index (χ3n) is 5.14. The maximum atomic E-state index is 12.8. The van der Waals surface area contributed by atoms with Crippen LogP contribution in [0.3, 0.4) is 0 Å². The summed E-state index contributed by atoms with van der Waals surface area (Å²) >= 11 is 0. The molecule has 0 aromatic heterocycles. The monoisotopic (exact) mass is 405 g/mol. The minimum Gasteiger partial charge on any atom is -0.332 e. The van der Waals surface area contributed by atoms with Crippen molar-refractivity contribution < 1.29 is 19.2 Å². The van der Waals surface area contributed by atoms with Gasteiger partial charge in [-0.25, -0.2) is 0 Å². The number of hydrogen-bond donors (Lipinski definition) is 1. The summed E-state index contributed by atoms with van der Waals surface area (Å²) in [4.78, 5) is 52.3. The molecule has 1 aliphatic rings. The highest BCUT2D eigenvalue weighted by atomic mass is 16.2. The first kappa shape index (κ1) is 21.0. The van der Waals surface area contributed by atoms with Gasteiger partial charge >= 0.3 is 0 Å². The van der Waals surface area contributed by atoms with E-state index in [1.807, 2.05) is 26.0 Å². The number of fused-ring (bicyclic) bond motifs is 1. The number of likely N-dealkylation sites (N-methyl/N-ethyl adjacent to an activating group) is 1. The molecule has 0 atom stereocenters. The molecule has 0 saturated carbocycles. The van der Waals surface area contributed by atoms with Crippen molar-refractivity contribution in [3.05, 3.63) is 76.9 Å². The van der Waals surface area contributed by atoms with Crippen LogP contribution >= 0.6 is 0 Å². The first-order valence-electron chi connectivity index (χ1n) is 9.47. The fourth-order valence-electron chi connectivity index (χ4n) is 3.30. The predicted molar refractivity (Wildman–Crippen MR) is 114 cm³/mol. The Bertz CT molecular complexity index is 1070. The highest BCUT2D eigenvalue weighted by Crippen LogP contribution is 2.24. The fraction of sp³-hybridized carbons (Fsp3) is 0.217. The van der Waals surface area contributed by atoms with Crippen molar-refractivity contribution in [3.8, 4) is 0 Å².